The molecule has 0 bridgehead atoms. The second-order valence-electron chi connectivity index (χ2n) is 4.19. The van der Waals surface area contributed by atoms with Crippen molar-refractivity contribution in [1.82, 2.24) is 9.97 Å². The van der Waals surface area contributed by atoms with Crippen LogP contribution in [-0.4, -0.2) is 38.8 Å². The van der Waals surface area contributed by atoms with Crippen molar-refractivity contribution in [3.8, 4) is 0 Å². The van der Waals surface area contributed by atoms with Gasteiger partial charge in [-0.2, -0.15) is 0 Å². The Morgan fingerprint density at radius 3 is 2.26 bits per heavy atom. The molecule has 1 aromatic rings. The van der Waals surface area contributed by atoms with Crippen molar-refractivity contribution in [2.75, 3.05) is 35.2 Å². The molecule has 0 spiro atoms. The minimum Gasteiger partial charge on any atom is -0.370 e. The summed E-state index contributed by atoms with van der Waals surface area (Å²) in [5, 5.41) is 6.49. The van der Waals surface area contributed by atoms with E-state index in [0.29, 0.717) is 18.1 Å². The zero-order valence-electron chi connectivity index (χ0n) is 12.0. The van der Waals surface area contributed by atoms with E-state index in [0.717, 1.165) is 36.8 Å². The van der Waals surface area contributed by atoms with Gasteiger partial charge in [0.15, 0.2) is 0 Å². The Hall–Kier alpha value is -1.17. The molecule has 108 valence electrons. The summed E-state index contributed by atoms with van der Waals surface area (Å²) >= 11 is 0. The quantitative estimate of drug-likeness (QED) is 0.726. The summed E-state index contributed by atoms with van der Waals surface area (Å²) in [5.74, 6) is 3.83. The number of nitrogens with zero attached hydrogens (tertiary/aromatic N) is 2. The van der Waals surface area contributed by atoms with Crippen LogP contribution in [0.2, 0.25) is 0 Å². The first-order valence-corrected chi connectivity index (χ1v) is 8.39. The van der Waals surface area contributed by atoms with Gasteiger partial charge in [0.1, 0.15) is 17.5 Å². The lowest BCUT2D eigenvalue weighted by Crippen LogP contribution is -2.14. The fourth-order valence-electron chi connectivity index (χ4n) is 1.53. The van der Waals surface area contributed by atoms with Crippen molar-refractivity contribution < 1.29 is 4.21 Å². The Labute approximate surface area is 118 Å². The minimum atomic E-state index is -0.739. The molecule has 19 heavy (non-hydrogen) atoms. The molecule has 0 fully saturated rings. The maximum atomic E-state index is 11.4. The molecule has 1 heterocycles. The number of anilines is 2. The summed E-state index contributed by atoms with van der Waals surface area (Å²) in [7, 11) is -0.739. The second kappa shape index (κ2) is 8.85. The third kappa shape index (κ3) is 6.00. The molecule has 0 aliphatic heterocycles. The predicted octanol–water partition coefficient (Wildman–Crippen LogP) is 2.04. The lowest BCUT2D eigenvalue weighted by atomic mass is 10.4. The molecule has 1 aromatic heterocycles. The van der Waals surface area contributed by atoms with Crippen LogP contribution in [0.5, 0.6) is 0 Å². The van der Waals surface area contributed by atoms with Crippen LogP contribution in [0.1, 0.15) is 33.0 Å². The third-order valence-corrected chi connectivity index (χ3v) is 3.91. The number of nitrogens with one attached hydrogen (secondary N) is 2. The van der Waals surface area contributed by atoms with E-state index in [2.05, 4.69) is 27.5 Å². The van der Waals surface area contributed by atoms with Gasteiger partial charge in [0.25, 0.3) is 0 Å². The third-order valence-electron chi connectivity index (χ3n) is 2.60. The number of rotatable bonds is 9. The van der Waals surface area contributed by atoms with Gasteiger partial charge < -0.3 is 10.6 Å². The smallest absolute Gasteiger partial charge is 0.132 e. The summed E-state index contributed by atoms with van der Waals surface area (Å²) in [6.45, 7) is 7.67. The van der Waals surface area contributed by atoms with E-state index >= 15 is 0 Å². The number of hydrogen-bond donors (Lipinski definition) is 2. The molecular formula is C13H24N4OS. The number of aromatic nitrogens is 2. The maximum Gasteiger partial charge on any atom is 0.132 e. The van der Waals surface area contributed by atoms with E-state index in [1.165, 1.54) is 0 Å². The van der Waals surface area contributed by atoms with Gasteiger partial charge in [-0.1, -0.05) is 20.8 Å². The summed E-state index contributed by atoms with van der Waals surface area (Å²) in [4.78, 5) is 8.85. The molecule has 1 unspecified atom stereocenters. The van der Waals surface area contributed by atoms with Crippen LogP contribution < -0.4 is 10.6 Å². The molecule has 1 rings (SSSR count). The summed E-state index contributed by atoms with van der Waals surface area (Å²) in [6, 6.07) is 1.91. The van der Waals surface area contributed by atoms with Crippen molar-refractivity contribution in [1.29, 1.82) is 0 Å². The summed E-state index contributed by atoms with van der Waals surface area (Å²) < 4.78 is 11.4. The van der Waals surface area contributed by atoms with Crippen LogP contribution in [0.4, 0.5) is 11.6 Å². The van der Waals surface area contributed by atoms with Crippen LogP contribution in [0, 0.1) is 0 Å². The van der Waals surface area contributed by atoms with Crippen LogP contribution >= 0.6 is 0 Å². The topological polar surface area (TPSA) is 66.9 Å². The highest BCUT2D eigenvalue weighted by molar-refractivity contribution is 7.84. The van der Waals surface area contributed by atoms with E-state index in [4.69, 9.17) is 0 Å². The zero-order valence-corrected chi connectivity index (χ0v) is 12.8. The van der Waals surface area contributed by atoms with Crippen molar-refractivity contribution in [3.05, 3.63) is 11.9 Å². The van der Waals surface area contributed by atoms with Crippen LogP contribution in [-0.2, 0) is 17.2 Å². The Morgan fingerprint density at radius 1 is 1.11 bits per heavy atom. The number of aryl methyl sites for hydroxylation is 1. The molecule has 0 saturated carbocycles. The first-order chi connectivity index (χ1) is 9.19. The van der Waals surface area contributed by atoms with Gasteiger partial charge in [-0.25, -0.2) is 9.97 Å². The Morgan fingerprint density at radius 2 is 1.74 bits per heavy atom. The fraction of sp³-hybridized carbons (Fsp3) is 0.692. The van der Waals surface area contributed by atoms with Crippen molar-refractivity contribution in [2.45, 2.75) is 33.6 Å². The average Bonchev–Trinajstić information content (AvgIpc) is 2.44. The van der Waals surface area contributed by atoms with Crippen LogP contribution in [0.3, 0.4) is 0 Å². The molecule has 0 aliphatic rings. The predicted molar refractivity (Wildman–Crippen MR) is 82.2 cm³/mol. The average molecular weight is 284 g/mol. The molecule has 0 aliphatic carbocycles. The van der Waals surface area contributed by atoms with E-state index in [1.807, 2.05) is 19.9 Å². The zero-order chi connectivity index (χ0) is 14.1. The van der Waals surface area contributed by atoms with E-state index in [9.17, 15) is 4.21 Å². The standard InChI is InChI=1S/C13H24N4OS/c1-4-7-14-12-10-13(17-11(5-2)16-12)15-8-9-19(18)6-3/h10H,4-9H2,1-3H3,(H2,14,15,16,17). The van der Waals surface area contributed by atoms with Crippen LogP contribution in [0.25, 0.3) is 0 Å². The molecule has 0 amide bonds. The van der Waals surface area contributed by atoms with Crippen LogP contribution in [0.15, 0.2) is 6.07 Å². The molecule has 0 saturated heterocycles. The SMILES string of the molecule is CCCNc1cc(NCCS(=O)CC)nc(CC)n1. The largest absolute Gasteiger partial charge is 0.370 e. The Balaban J connectivity index is 2.62. The molecular weight excluding hydrogens is 260 g/mol. The van der Waals surface area contributed by atoms with Gasteiger partial charge in [0.05, 0.1) is 0 Å². The molecule has 5 nitrogen and oxygen atoms in total. The Bertz CT molecular complexity index is 412. The van der Waals surface area contributed by atoms with E-state index in [-0.39, 0.29) is 0 Å². The summed E-state index contributed by atoms with van der Waals surface area (Å²) in [6.07, 6.45) is 1.86. The lowest BCUT2D eigenvalue weighted by molar-refractivity contribution is 0.684. The van der Waals surface area contributed by atoms with E-state index in [1.54, 1.807) is 0 Å². The molecule has 1 atom stereocenters. The van der Waals surface area contributed by atoms with Crippen molar-refractivity contribution >= 4 is 22.4 Å². The lowest BCUT2D eigenvalue weighted by Gasteiger charge is -2.10. The molecule has 6 heteroatoms. The highest BCUT2D eigenvalue weighted by Crippen LogP contribution is 2.11. The van der Waals surface area contributed by atoms with E-state index < -0.39 is 10.8 Å². The van der Waals surface area contributed by atoms with Gasteiger partial charge in [-0.05, 0) is 6.42 Å². The van der Waals surface area contributed by atoms with Gasteiger partial charge >= 0.3 is 0 Å². The Kier molecular flexibility index (Phi) is 7.40. The highest BCUT2D eigenvalue weighted by Gasteiger charge is 2.03. The second-order valence-corrected chi connectivity index (χ2v) is 6.06. The monoisotopic (exact) mass is 284 g/mol. The summed E-state index contributed by atoms with van der Waals surface area (Å²) in [5.41, 5.74) is 0. The van der Waals surface area contributed by atoms with Crippen molar-refractivity contribution in [2.24, 2.45) is 0 Å². The van der Waals surface area contributed by atoms with Gasteiger partial charge in [0.2, 0.25) is 0 Å². The molecule has 0 radical (unpaired) electrons. The maximum absolute atomic E-state index is 11.4. The van der Waals surface area contributed by atoms with Gasteiger partial charge in [-0.3, -0.25) is 4.21 Å². The normalized spacial score (nSPS) is 12.2. The van der Waals surface area contributed by atoms with Gasteiger partial charge in [-0.15, -0.1) is 0 Å². The minimum absolute atomic E-state index is 0.652. The first kappa shape index (κ1) is 15.9. The first-order valence-electron chi connectivity index (χ1n) is 6.90. The number of hydrogen-bond acceptors (Lipinski definition) is 5. The molecule has 2 N–H and O–H groups in total. The molecule has 0 aromatic carbocycles. The van der Waals surface area contributed by atoms with Crippen molar-refractivity contribution in [3.63, 3.8) is 0 Å². The fourth-order valence-corrected chi connectivity index (χ4v) is 2.15. The van der Waals surface area contributed by atoms with Gasteiger partial charge in [0, 0.05) is 47.9 Å². The highest BCUT2D eigenvalue weighted by atomic mass is 32.2.